The third-order valence-corrected chi connectivity index (χ3v) is 3.06. The lowest BCUT2D eigenvalue weighted by Gasteiger charge is -2.23. The first kappa shape index (κ1) is 11.8. The van der Waals surface area contributed by atoms with Crippen LogP contribution in [-0.2, 0) is 5.60 Å². The van der Waals surface area contributed by atoms with Crippen LogP contribution >= 0.6 is 0 Å². The summed E-state index contributed by atoms with van der Waals surface area (Å²) in [7, 11) is 0. The van der Waals surface area contributed by atoms with Crippen LogP contribution in [0.4, 0.5) is 0 Å². The van der Waals surface area contributed by atoms with Crippen molar-refractivity contribution in [2.75, 3.05) is 0 Å². The minimum Gasteiger partial charge on any atom is -0.385 e. The second-order valence-corrected chi connectivity index (χ2v) is 4.51. The zero-order valence-electron chi connectivity index (χ0n) is 10.1. The number of allylic oxidation sites excluding steroid dienone is 1. The summed E-state index contributed by atoms with van der Waals surface area (Å²) in [5.41, 5.74) is 1.08. The van der Waals surface area contributed by atoms with Gasteiger partial charge in [-0.1, -0.05) is 18.2 Å². The van der Waals surface area contributed by atoms with Crippen molar-refractivity contribution in [3.63, 3.8) is 0 Å². The molecule has 2 heteroatoms. The Morgan fingerprint density at radius 3 is 3.00 bits per heavy atom. The summed E-state index contributed by atoms with van der Waals surface area (Å²) in [4.78, 5) is 4.27. The Morgan fingerprint density at radius 2 is 2.24 bits per heavy atom. The van der Waals surface area contributed by atoms with Crippen molar-refractivity contribution in [2.45, 2.75) is 25.4 Å². The van der Waals surface area contributed by atoms with Gasteiger partial charge in [-0.15, -0.1) is 6.58 Å². The first-order valence-electron chi connectivity index (χ1n) is 5.82. The highest BCUT2D eigenvalue weighted by atomic mass is 16.3. The highest BCUT2D eigenvalue weighted by Gasteiger charge is 2.22. The first-order chi connectivity index (χ1) is 8.13. The number of aromatic nitrogens is 1. The van der Waals surface area contributed by atoms with Gasteiger partial charge in [0.25, 0.3) is 0 Å². The largest absolute Gasteiger partial charge is 0.385 e. The molecule has 0 aliphatic heterocycles. The fourth-order valence-corrected chi connectivity index (χ4v) is 1.94. The number of rotatable bonds is 4. The second kappa shape index (κ2) is 4.68. The van der Waals surface area contributed by atoms with E-state index in [4.69, 9.17) is 0 Å². The average Bonchev–Trinajstić information content (AvgIpc) is 2.36. The summed E-state index contributed by atoms with van der Waals surface area (Å²) in [5, 5.41) is 11.5. The lowest BCUT2D eigenvalue weighted by Crippen LogP contribution is -2.20. The summed E-state index contributed by atoms with van der Waals surface area (Å²) in [6, 6.07) is 9.82. The Labute approximate surface area is 102 Å². The van der Waals surface area contributed by atoms with Crippen LogP contribution in [0, 0.1) is 0 Å². The van der Waals surface area contributed by atoms with E-state index in [9.17, 15) is 5.11 Å². The predicted octanol–water partition coefficient (Wildman–Crippen LogP) is 3.41. The molecule has 17 heavy (non-hydrogen) atoms. The van der Waals surface area contributed by atoms with E-state index in [2.05, 4.69) is 11.6 Å². The highest BCUT2D eigenvalue weighted by Crippen LogP contribution is 2.28. The van der Waals surface area contributed by atoms with Gasteiger partial charge in [-0.25, -0.2) is 0 Å². The van der Waals surface area contributed by atoms with E-state index < -0.39 is 5.60 Å². The Morgan fingerprint density at radius 1 is 1.41 bits per heavy atom. The summed E-state index contributed by atoms with van der Waals surface area (Å²) < 4.78 is 0. The molecule has 1 N–H and O–H groups in total. The van der Waals surface area contributed by atoms with E-state index in [1.54, 1.807) is 6.20 Å². The lowest BCUT2D eigenvalue weighted by atomic mass is 9.90. The van der Waals surface area contributed by atoms with E-state index >= 15 is 0 Å². The van der Waals surface area contributed by atoms with Crippen LogP contribution in [0.3, 0.4) is 0 Å². The number of aliphatic hydroxyl groups is 1. The zero-order chi connectivity index (χ0) is 12.3. The Hall–Kier alpha value is -1.67. The number of hydrogen-bond donors (Lipinski definition) is 1. The molecular weight excluding hydrogens is 210 g/mol. The van der Waals surface area contributed by atoms with Gasteiger partial charge < -0.3 is 5.11 Å². The molecule has 1 atom stereocenters. The van der Waals surface area contributed by atoms with E-state index in [1.807, 2.05) is 43.3 Å². The second-order valence-electron chi connectivity index (χ2n) is 4.51. The molecule has 2 nitrogen and oxygen atoms in total. The van der Waals surface area contributed by atoms with Crippen LogP contribution < -0.4 is 0 Å². The number of hydrogen-bond acceptors (Lipinski definition) is 2. The Kier molecular flexibility index (Phi) is 3.25. The Balaban J connectivity index is 2.38. The van der Waals surface area contributed by atoms with Crippen molar-refractivity contribution >= 4 is 10.9 Å². The molecular formula is C15H17NO. The Bertz CT molecular complexity index is 531. The van der Waals surface area contributed by atoms with Crippen molar-refractivity contribution < 1.29 is 5.11 Å². The van der Waals surface area contributed by atoms with Gasteiger partial charge in [0.2, 0.25) is 0 Å². The quantitative estimate of drug-likeness (QED) is 0.812. The van der Waals surface area contributed by atoms with E-state index in [1.165, 1.54) is 0 Å². The minimum absolute atomic E-state index is 0.683. The summed E-state index contributed by atoms with van der Waals surface area (Å²) in [6.07, 6.45) is 5.09. The van der Waals surface area contributed by atoms with Crippen LogP contribution in [0.15, 0.2) is 49.2 Å². The standard InChI is InChI=1S/C15H17NO/c1-3-4-9-15(2,17)13-7-8-14-12(11-13)6-5-10-16-14/h3,5-8,10-11,17H,1,4,9H2,2H3. The molecule has 0 aliphatic rings. The molecule has 0 saturated carbocycles. The van der Waals surface area contributed by atoms with Crippen LogP contribution in [0.1, 0.15) is 25.3 Å². The maximum absolute atomic E-state index is 10.4. The maximum atomic E-state index is 10.4. The summed E-state index contributed by atoms with van der Waals surface area (Å²) in [6.45, 7) is 5.53. The molecule has 0 spiro atoms. The average molecular weight is 227 g/mol. The van der Waals surface area contributed by atoms with Crippen LogP contribution in [0.2, 0.25) is 0 Å². The highest BCUT2D eigenvalue weighted by molar-refractivity contribution is 5.79. The third kappa shape index (κ3) is 2.53. The van der Waals surface area contributed by atoms with Gasteiger partial charge in [0.05, 0.1) is 11.1 Å². The SMILES string of the molecule is C=CCCC(C)(O)c1ccc2ncccc2c1. The predicted molar refractivity (Wildman–Crippen MR) is 70.7 cm³/mol. The zero-order valence-corrected chi connectivity index (χ0v) is 10.1. The topological polar surface area (TPSA) is 33.1 Å². The minimum atomic E-state index is -0.807. The van der Waals surface area contributed by atoms with Crippen molar-refractivity contribution in [3.05, 3.63) is 54.7 Å². The van der Waals surface area contributed by atoms with Gasteiger partial charge in [0, 0.05) is 11.6 Å². The number of benzene rings is 1. The van der Waals surface area contributed by atoms with Crippen molar-refractivity contribution in [1.82, 2.24) is 4.98 Å². The molecule has 1 unspecified atom stereocenters. The molecule has 1 heterocycles. The normalized spacial score (nSPS) is 14.5. The van der Waals surface area contributed by atoms with Crippen molar-refractivity contribution in [1.29, 1.82) is 0 Å². The summed E-state index contributed by atoms with van der Waals surface area (Å²) >= 11 is 0. The van der Waals surface area contributed by atoms with Crippen molar-refractivity contribution in [2.24, 2.45) is 0 Å². The smallest absolute Gasteiger partial charge is 0.0871 e. The van der Waals surface area contributed by atoms with E-state index in [-0.39, 0.29) is 0 Å². The molecule has 0 aliphatic carbocycles. The molecule has 88 valence electrons. The first-order valence-corrected chi connectivity index (χ1v) is 5.82. The third-order valence-electron chi connectivity index (χ3n) is 3.06. The molecule has 0 radical (unpaired) electrons. The molecule has 2 rings (SSSR count). The molecule has 0 fully saturated rings. The van der Waals surface area contributed by atoms with Crippen molar-refractivity contribution in [3.8, 4) is 0 Å². The van der Waals surface area contributed by atoms with Crippen LogP contribution in [0.5, 0.6) is 0 Å². The van der Waals surface area contributed by atoms with E-state index in [0.717, 1.165) is 22.9 Å². The van der Waals surface area contributed by atoms with Gasteiger partial charge in [-0.3, -0.25) is 4.98 Å². The van der Waals surface area contributed by atoms with Gasteiger partial charge in [-0.05, 0) is 43.5 Å². The number of fused-ring (bicyclic) bond motifs is 1. The lowest BCUT2D eigenvalue weighted by molar-refractivity contribution is 0.0489. The monoisotopic (exact) mass is 227 g/mol. The van der Waals surface area contributed by atoms with E-state index in [0.29, 0.717) is 6.42 Å². The molecule has 2 aromatic rings. The van der Waals surface area contributed by atoms with Crippen LogP contribution in [-0.4, -0.2) is 10.1 Å². The fourth-order valence-electron chi connectivity index (χ4n) is 1.94. The number of nitrogens with zero attached hydrogens (tertiary/aromatic N) is 1. The van der Waals surface area contributed by atoms with Crippen LogP contribution in [0.25, 0.3) is 10.9 Å². The van der Waals surface area contributed by atoms with Gasteiger partial charge in [0.1, 0.15) is 0 Å². The molecule has 1 aromatic carbocycles. The summed E-state index contributed by atoms with van der Waals surface area (Å²) in [5.74, 6) is 0. The molecule has 1 aromatic heterocycles. The van der Waals surface area contributed by atoms with Gasteiger partial charge in [-0.2, -0.15) is 0 Å². The maximum Gasteiger partial charge on any atom is 0.0871 e. The fraction of sp³-hybridized carbons (Fsp3) is 0.267. The molecule has 0 saturated heterocycles. The molecule has 0 amide bonds. The number of pyridine rings is 1. The van der Waals surface area contributed by atoms with Gasteiger partial charge >= 0.3 is 0 Å². The molecule has 0 bridgehead atoms. The van der Waals surface area contributed by atoms with Gasteiger partial charge in [0.15, 0.2) is 0 Å².